The highest BCUT2D eigenvalue weighted by Gasteiger charge is 2.40. The molecular formula is C136H96N2. The third-order valence-electron chi connectivity index (χ3n) is 29.5. The third-order valence-corrected chi connectivity index (χ3v) is 29.5. The molecule has 23 aromatic rings. The molecule has 0 atom stereocenters. The Morgan fingerprint density at radius 3 is 0.768 bits per heavy atom. The van der Waals surface area contributed by atoms with Gasteiger partial charge in [0.1, 0.15) is 0 Å². The highest BCUT2D eigenvalue weighted by atomic mass is 15.2. The summed E-state index contributed by atoms with van der Waals surface area (Å²) in [7, 11) is 0. The van der Waals surface area contributed by atoms with Gasteiger partial charge in [-0.05, 0) is 266 Å². The number of rotatable bonds is 18. The van der Waals surface area contributed by atoms with E-state index in [2.05, 4.69) is 547 Å². The predicted molar refractivity (Wildman–Crippen MR) is 586 cm³/mol. The monoisotopic (exact) mass is 1760 g/mol. The fourth-order valence-corrected chi connectivity index (χ4v) is 22.6. The molecule has 0 saturated heterocycles. The summed E-state index contributed by atoms with van der Waals surface area (Å²) in [5, 5.41) is 9.46. The van der Waals surface area contributed by atoms with E-state index in [0.29, 0.717) is 0 Å². The van der Waals surface area contributed by atoms with Gasteiger partial charge < -0.3 is 9.80 Å². The summed E-state index contributed by atoms with van der Waals surface area (Å²) in [6, 6.07) is 191. The minimum atomic E-state index is -0.348. The van der Waals surface area contributed by atoms with Gasteiger partial charge >= 0.3 is 0 Å². The minimum Gasteiger partial charge on any atom is -0.309 e. The SMILES string of the molecule is CC1(C)c2cc(-c3ccccc3)ccc2-c2ccc(N(c3ccc(-c4ccc(-c5cccc(-c6ccccc6-c6c(N(c7ccc(-c8ccc(-c9ccccc9)cc8)c(-c8ccccc8)c7)c7ccc8c(c7)C(C)(C)c7cc(-c9ccccc9)ccc7-8)c7ccccc7c7ccccc67)c5)cc4)c(-c4ccccc4)c3)c3c(-c4ccc(-c5ccccc5)cc4)c4ccccc4c4ccccc34)cc21. The summed E-state index contributed by atoms with van der Waals surface area (Å²) in [5.74, 6) is 0. The van der Waals surface area contributed by atoms with Crippen LogP contribution in [0.25, 0.3) is 199 Å². The molecule has 25 rings (SSSR count). The van der Waals surface area contributed by atoms with Gasteiger partial charge in [-0.2, -0.15) is 0 Å². The Kier molecular flexibility index (Phi) is 20.4. The van der Waals surface area contributed by atoms with E-state index in [1.54, 1.807) is 0 Å². The molecule has 2 nitrogen and oxygen atoms in total. The van der Waals surface area contributed by atoms with Gasteiger partial charge in [0.2, 0.25) is 0 Å². The molecule has 0 bridgehead atoms. The quantitative estimate of drug-likeness (QED) is 0.0790. The number of hydrogen-bond acceptors (Lipinski definition) is 2. The molecule has 0 radical (unpaired) electrons. The molecule has 0 amide bonds. The van der Waals surface area contributed by atoms with Crippen molar-refractivity contribution in [2.75, 3.05) is 9.80 Å². The Bertz CT molecular complexity index is 8680. The van der Waals surface area contributed by atoms with E-state index < -0.39 is 0 Å². The highest BCUT2D eigenvalue weighted by molar-refractivity contribution is 6.25. The van der Waals surface area contributed by atoms with Crippen LogP contribution >= 0.6 is 0 Å². The van der Waals surface area contributed by atoms with Crippen molar-refractivity contribution in [3.05, 3.63) is 532 Å². The number of fused-ring (bicyclic) bond motifs is 12. The molecule has 0 unspecified atom stereocenters. The third kappa shape index (κ3) is 14.2. The van der Waals surface area contributed by atoms with Crippen molar-refractivity contribution in [1.29, 1.82) is 0 Å². The number of benzene rings is 23. The maximum Gasteiger partial charge on any atom is 0.0625 e. The zero-order chi connectivity index (χ0) is 92.1. The zero-order valence-corrected chi connectivity index (χ0v) is 77.4. The van der Waals surface area contributed by atoms with Crippen molar-refractivity contribution in [3.8, 4) is 156 Å². The molecule has 2 aliphatic carbocycles. The largest absolute Gasteiger partial charge is 0.309 e. The van der Waals surface area contributed by atoms with E-state index in [4.69, 9.17) is 0 Å². The molecular weight excluding hydrogens is 1660 g/mol. The molecule has 2 heteroatoms. The summed E-state index contributed by atoms with van der Waals surface area (Å²) in [6.07, 6.45) is 0. The van der Waals surface area contributed by atoms with Crippen molar-refractivity contribution in [2.45, 2.75) is 38.5 Å². The number of anilines is 6. The van der Waals surface area contributed by atoms with E-state index in [9.17, 15) is 0 Å². The van der Waals surface area contributed by atoms with Crippen molar-refractivity contribution >= 4 is 77.2 Å². The fourth-order valence-electron chi connectivity index (χ4n) is 22.6. The van der Waals surface area contributed by atoms with E-state index in [1.165, 1.54) is 132 Å². The molecule has 0 aliphatic heterocycles. The van der Waals surface area contributed by atoms with Crippen LogP contribution < -0.4 is 9.80 Å². The lowest BCUT2D eigenvalue weighted by Gasteiger charge is -2.33. The second kappa shape index (κ2) is 34.0. The molecule has 650 valence electrons. The molecule has 138 heavy (non-hydrogen) atoms. The van der Waals surface area contributed by atoms with Crippen LogP contribution in [-0.4, -0.2) is 0 Å². The fraction of sp³-hybridized carbons (Fsp3) is 0.0441. The Morgan fingerprint density at radius 2 is 0.362 bits per heavy atom. The molecule has 0 fully saturated rings. The van der Waals surface area contributed by atoms with E-state index in [1.807, 2.05) is 0 Å². The Hall–Kier alpha value is -17.3. The first-order valence-electron chi connectivity index (χ1n) is 48.2. The van der Waals surface area contributed by atoms with Crippen LogP contribution in [0.5, 0.6) is 0 Å². The van der Waals surface area contributed by atoms with Crippen LogP contribution in [0.15, 0.2) is 510 Å². The molecule has 0 aromatic heterocycles. The van der Waals surface area contributed by atoms with E-state index >= 15 is 0 Å². The first-order chi connectivity index (χ1) is 68.0. The van der Waals surface area contributed by atoms with Crippen molar-refractivity contribution < 1.29 is 0 Å². The Balaban J connectivity index is 0.636. The summed E-state index contributed by atoms with van der Waals surface area (Å²) < 4.78 is 0. The van der Waals surface area contributed by atoms with Gasteiger partial charge in [-0.1, -0.05) is 471 Å². The van der Waals surface area contributed by atoms with Gasteiger partial charge in [-0.25, -0.2) is 0 Å². The summed E-state index contributed by atoms with van der Waals surface area (Å²) in [5.41, 5.74) is 44.0. The Labute approximate surface area is 807 Å². The first-order valence-corrected chi connectivity index (χ1v) is 48.2. The van der Waals surface area contributed by atoms with Crippen LogP contribution in [0.1, 0.15) is 49.9 Å². The van der Waals surface area contributed by atoms with Gasteiger partial charge in [-0.15, -0.1) is 0 Å². The lowest BCUT2D eigenvalue weighted by molar-refractivity contribution is 0.660. The highest BCUT2D eigenvalue weighted by Crippen LogP contribution is 2.59. The van der Waals surface area contributed by atoms with Crippen LogP contribution in [-0.2, 0) is 10.8 Å². The number of hydrogen-bond donors (Lipinski definition) is 0. The average molecular weight is 1760 g/mol. The zero-order valence-electron chi connectivity index (χ0n) is 77.4. The normalized spacial score (nSPS) is 12.6. The van der Waals surface area contributed by atoms with Gasteiger partial charge in [0.05, 0.1) is 11.4 Å². The van der Waals surface area contributed by atoms with Gasteiger partial charge in [-0.3, -0.25) is 0 Å². The second-order valence-electron chi connectivity index (χ2n) is 38.0. The Morgan fingerprint density at radius 1 is 0.130 bits per heavy atom. The maximum atomic E-state index is 2.61. The van der Waals surface area contributed by atoms with Crippen LogP contribution in [0.4, 0.5) is 34.1 Å². The molecule has 0 spiro atoms. The maximum absolute atomic E-state index is 2.61. The summed E-state index contributed by atoms with van der Waals surface area (Å²) in [6.45, 7) is 9.67. The van der Waals surface area contributed by atoms with Gasteiger partial charge in [0.15, 0.2) is 0 Å². The molecule has 0 saturated carbocycles. The van der Waals surface area contributed by atoms with Gasteiger partial charge in [0.25, 0.3) is 0 Å². The molecule has 0 N–H and O–H groups in total. The predicted octanol–water partition coefficient (Wildman–Crippen LogP) is 37.9. The average Bonchev–Trinajstić information content (AvgIpc) is 1.21. The minimum absolute atomic E-state index is 0.329. The lowest BCUT2D eigenvalue weighted by Crippen LogP contribution is -2.17. The lowest BCUT2D eigenvalue weighted by atomic mass is 9.81. The second-order valence-corrected chi connectivity index (χ2v) is 38.0. The summed E-state index contributed by atoms with van der Waals surface area (Å²) >= 11 is 0. The van der Waals surface area contributed by atoms with Crippen molar-refractivity contribution in [2.24, 2.45) is 0 Å². The van der Waals surface area contributed by atoms with Crippen LogP contribution in [0.2, 0.25) is 0 Å². The topological polar surface area (TPSA) is 6.48 Å². The standard InChI is InChI=1S/C136H96N2/c1-135(2)127-83-102(91-38-15-7-16-39-91)70-76-116(127)118-80-74-107(87-129(118)135)137(133-123-56-31-26-51-114(123)112-49-24-29-54-121(112)131(133)100-68-62-94(63-69-100)90-36-13-6-14-37-90)105-72-78-111(125(85-105)96-42-19-9-20-43-96)99-66-60-95(61-67-99)101-46-33-47-104(82-101)109-48-23-28-53-120(109)132-122-55-30-25-50-113(122)115-52-27-32-57-124(115)134(132)138(108-75-81-119-117-77-71-103(92-40-17-8-18-41-92)84-128(117)136(3,4)130(119)88-108)106-73-79-110(126(86-106)97-44-21-10-22-45-97)98-64-58-93(59-65-98)89-34-11-5-12-35-89/h5-88H,1-4H3. The first kappa shape index (κ1) is 82.6. The molecule has 23 aromatic carbocycles. The van der Waals surface area contributed by atoms with Gasteiger partial charge in [0, 0.05) is 55.5 Å². The van der Waals surface area contributed by atoms with Crippen LogP contribution in [0.3, 0.4) is 0 Å². The van der Waals surface area contributed by atoms with Crippen molar-refractivity contribution in [3.63, 3.8) is 0 Å². The smallest absolute Gasteiger partial charge is 0.0625 e. The van der Waals surface area contributed by atoms with E-state index in [-0.39, 0.29) is 10.8 Å². The van der Waals surface area contributed by atoms with E-state index in [0.717, 1.165) is 123 Å². The van der Waals surface area contributed by atoms with Crippen LogP contribution in [0, 0.1) is 0 Å². The number of nitrogens with zero attached hydrogens (tertiary/aromatic N) is 2. The van der Waals surface area contributed by atoms with Crippen molar-refractivity contribution in [1.82, 2.24) is 0 Å². The summed E-state index contributed by atoms with van der Waals surface area (Å²) in [4.78, 5) is 5.20. The molecule has 2 aliphatic rings. The molecule has 0 heterocycles.